The molecule has 22 heavy (non-hydrogen) atoms. The number of hydrogen-bond acceptors (Lipinski definition) is 3. The average Bonchev–Trinajstić information content (AvgIpc) is 2.83. The number of aldehydes is 1. The maximum atomic E-state index is 12.8. The molecule has 2 aromatic carbocycles. The van der Waals surface area contributed by atoms with Gasteiger partial charge in [0.05, 0.1) is 16.1 Å². The number of hydrogen-bond donors (Lipinski definition) is 0. The molecule has 0 aliphatic heterocycles. The third-order valence-corrected chi connectivity index (χ3v) is 4.54. The molecule has 0 saturated heterocycles. The highest BCUT2D eigenvalue weighted by molar-refractivity contribution is 14.1. The molecule has 110 valence electrons. The van der Waals surface area contributed by atoms with Crippen LogP contribution in [0.4, 0.5) is 0 Å². The molecule has 0 aliphatic rings. The van der Waals surface area contributed by atoms with Gasteiger partial charge in [-0.3, -0.25) is 9.59 Å². The molecule has 3 rings (SSSR count). The van der Waals surface area contributed by atoms with E-state index in [0.717, 1.165) is 17.2 Å². The fourth-order valence-corrected chi connectivity index (χ4v) is 3.31. The van der Waals surface area contributed by atoms with Crippen molar-refractivity contribution in [2.75, 3.05) is 0 Å². The van der Waals surface area contributed by atoms with E-state index in [1.807, 2.05) is 13.0 Å². The van der Waals surface area contributed by atoms with Gasteiger partial charge in [0.25, 0.3) is 5.91 Å². The molecule has 0 unspecified atom stereocenters. The van der Waals surface area contributed by atoms with E-state index >= 15 is 0 Å². The topological polar surface area (TPSA) is 52.0 Å². The minimum atomic E-state index is -0.306. The molecule has 1 aromatic heterocycles. The molecule has 0 fully saturated rings. The monoisotopic (exact) mass is 424 g/mol. The summed E-state index contributed by atoms with van der Waals surface area (Å²) in [5, 5.41) is 5.51. The molecule has 0 radical (unpaired) electrons. The summed E-state index contributed by atoms with van der Waals surface area (Å²) in [7, 11) is 0. The van der Waals surface area contributed by atoms with Crippen LogP contribution in [0.5, 0.6) is 0 Å². The molecule has 0 aliphatic carbocycles. The first-order valence-electron chi connectivity index (χ1n) is 6.46. The summed E-state index contributed by atoms with van der Waals surface area (Å²) in [6.07, 6.45) is 0.745. The Balaban J connectivity index is 2.26. The van der Waals surface area contributed by atoms with E-state index in [9.17, 15) is 9.59 Å². The standard InChI is InChI=1S/C16H10ClIN2O2/c1-9-3-2-4-12(17)14(9)16(22)20-13-7-10(8-21)5-6-11(13)15(18)19-20/h2-8H,1H3. The zero-order valence-corrected chi connectivity index (χ0v) is 14.4. The van der Waals surface area contributed by atoms with Crippen LogP contribution in [-0.2, 0) is 0 Å². The first kappa shape index (κ1) is 15.2. The van der Waals surface area contributed by atoms with Crippen LogP contribution in [0.2, 0.25) is 5.02 Å². The zero-order chi connectivity index (χ0) is 15.9. The molecule has 4 nitrogen and oxygen atoms in total. The van der Waals surface area contributed by atoms with Crippen LogP contribution in [-0.4, -0.2) is 22.0 Å². The van der Waals surface area contributed by atoms with Crippen molar-refractivity contribution in [3.8, 4) is 0 Å². The van der Waals surface area contributed by atoms with E-state index in [1.165, 1.54) is 4.68 Å². The van der Waals surface area contributed by atoms with Crippen molar-refractivity contribution in [3.63, 3.8) is 0 Å². The smallest absolute Gasteiger partial charge is 0.280 e. The van der Waals surface area contributed by atoms with Crippen molar-refractivity contribution in [1.82, 2.24) is 9.78 Å². The van der Waals surface area contributed by atoms with E-state index in [-0.39, 0.29) is 5.91 Å². The Morgan fingerprint density at radius 2 is 2.09 bits per heavy atom. The van der Waals surface area contributed by atoms with E-state index in [0.29, 0.717) is 25.4 Å². The van der Waals surface area contributed by atoms with Gasteiger partial charge in [-0.2, -0.15) is 9.78 Å². The van der Waals surface area contributed by atoms with Gasteiger partial charge >= 0.3 is 0 Å². The van der Waals surface area contributed by atoms with Gasteiger partial charge in [-0.25, -0.2) is 0 Å². The number of carbonyl (C=O) groups excluding carboxylic acids is 2. The van der Waals surface area contributed by atoms with Gasteiger partial charge in [0.1, 0.15) is 9.99 Å². The summed E-state index contributed by atoms with van der Waals surface area (Å²) < 4.78 is 2.00. The van der Waals surface area contributed by atoms with Crippen LogP contribution in [0, 0.1) is 10.6 Å². The van der Waals surface area contributed by atoms with Gasteiger partial charge in [-0.15, -0.1) is 0 Å². The van der Waals surface area contributed by atoms with E-state index in [4.69, 9.17) is 11.6 Å². The third-order valence-electron chi connectivity index (χ3n) is 3.42. The van der Waals surface area contributed by atoms with Gasteiger partial charge in [-0.05, 0) is 53.3 Å². The minimum absolute atomic E-state index is 0.306. The highest BCUT2D eigenvalue weighted by Gasteiger charge is 2.20. The molecule has 3 aromatic rings. The van der Waals surface area contributed by atoms with Crippen molar-refractivity contribution in [2.24, 2.45) is 0 Å². The first-order chi connectivity index (χ1) is 10.5. The van der Waals surface area contributed by atoms with Crippen molar-refractivity contribution in [3.05, 3.63) is 61.8 Å². The second-order valence-electron chi connectivity index (χ2n) is 4.83. The minimum Gasteiger partial charge on any atom is -0.298 e. The molecular formula is C16H10ClIN2O2. The van der Waals surface area contributed by atoms with Crippen LogP contribution in [0.3, 0.4) is 0 Å². The summed E-state index contributed by atoms with van der Waals surface area (Å²) in [6, 6.07) is 10.4. The van der Waals surface area contributed by atoms with E-state index in [1.54, 1.807) is 30.3 Å². The molecular weight excluding hydrogens is 415 g/mol. The Hall–Kier alpha value is -1.73. The number of halogens is 2. The van der Waals surface area contributed by atoms with E-state index in [2.05, 4.69) is 27.7 Å². The lowest BCUT2D eigenvalue weighted by molar-refractivity contribution is 0.0949. The van der Waals surface area contributed by atoms with Gasteiger partial charge in [-0.1, -0.05) is 29.8 Å². The van der Waals surface area contributed by atoms with Crippen LogP contribution in [0.1, 0.15) is 26.3 Å². The third kappa shape index (κ3) is 2.44. The molecule has 0 bridgehead atoms. The van der Waals surface area contributed by atoms with Gasteiger partial charge in [0.15, 0.2) is 0 Å². The maximum absolute atomic E-state index is 12.8. The number of nitrogens with zero attached hydrogens (tertiary/aromatic N) is 2. The van der Waals surface area contributed by atoms with E-state index < -0.39 is 0 Å². The van der Waals surface area contributed by atoms with Crippen molar-refractivity contribution in [1.29, 1.82) is 0 Å². The van der Waals surface area contributed by atoms with Crippen molar-refractivity contribution < 1.29 is 9.59 Å². The molecule has 0 amide bonds. The number of aromatic nitrogens is 2. The highest BCUT2D eigenvalue weighted by Crippen LogP contribution is 2.25. The lowest BCUT2D eigenvalue weighted by atomic mass is 10.1. The molecule has 0 N–H and O–H groups in total. The normalized spacial score (nSPS) is 10.9. The predicted octanol–water partition coefficient (Wildman–Crippen LogP) is 4.10. The zero-order valence-electron chi connectivity index (χ0n) is 11.5. The van der Waals surface area contributed by atoms with Crippen molar-refractivity contribution in [2.45, 2.75) is 6.92 Å². The fourth-order valence-electron chi connectivity index (χ4n) is 2.33. The number of rotatable bonds is 2. The van der Waals surface area contributed by atoms with Crippen LogP contribution in [0.15, 0.2) is 36.4 Å². The molecule has 0 spiro atoms. The average molecular weight is 425 g/mol. The SMILES string of the molecule is Cc1cccc(Cl)c1C(=O)n1nc(I)c2ccc(C=O)cc21. The Morgan fingerprint density at radius 3 is 2.77 bits per heavy atom. The molecule has 0 saturated carbocycles. The lowest BCUT2D eigenvalue weighted by Crippen LogP contribution is -2.15. The van der Waals surface area contributed by atoms with Gasteiger partial charge < -0.3 is 0 Å². The second kappa shape index (κ2) is 5.81. The van der Waals surface area contributed by atoms with Gasteiger partial charge in [0.2, 0.25) is 0 Å². The number of fused-ring (bicyclic) bond motifs is 1. The number of benzene rings is 2. The number of carbonyl (C=O) groups is 2. The van der Waals surface area contributed by atoms with Crippen LogP contribution < -0.4 is 0 Å². The Bertz CT molecular complexity index is 898. The Kier molecular flexibility index (Phi) is 4.01. The predicted molar refractivity (Wildman–Crippen MR) is 93.8 cm³/mol. The van der Waals surface area contributed by atoms with Crippen molar-refractivity contribution >= 4 is 57.3 Å². The first-order valence-corrected chi connectivity index (χ1v) is 7.92. The van der Waals surface area contributed by atoms with Crippen LogP contribution in [0.25, 0.3) is 10.9 Å². The summed E-state index contributed by atoms with van der Waals surface area (Å²) >= 11 is 8.24. The highest BCUT2D eigenvalue weighted by atomic mass is 127. The Labute approximate surface area is 145 Å². The Morgan fingerprint density at radius 1 is 1.32 bits per heavy atom. The second-order valence-corrected chi connectivity index (χ2v) is 6.26. The fraction of sp³-hybridized carbons (Fsp3) is 0.0625. The molecule has 1 heterocycles. The summed E-state index contributed by atoms with van der Waals surface area (Å²) in [4.78, 5) is 23.8. The summed E-state index contributed by atoms with van der Waals surface area (Å²) in [5.41, 5.74) is 2.29. The largest absolute Gasteiger partial charge is 0.298 e. The summed E-state index contributed by atoms with van der Waals surface area (Å²) in [6.45, 7) is 1.83. The molecule has 0 atom stereocenters. The van der Waals surface area contributed by atoms with Crippen LogP contribution >= 0.6 is 34.2 Å². The quantitative estimate of drug-likeness (QED) is 0.460. The maximum Gasteiger partial charge on any atom is 0.280 e. The lowest BCUT2D eigenvalue weighted by Gasteiger charge is -2.08. The molecule has 6 heteroatoms. The van der Waals surface area contributed by atoms with Gasteiger partial charge in [0, 0.05) is 10.9 Å². The number of aryl methyl sites for hydroxylation is 1. The summed E-state index contributed by atoms with van der Waals surface area (Å²) in [5.74, 6) is -0.306.